The number of hydrogen-bond acceptors (Lipinski definition) is 5. The molecule has 0 bridgehead atoms. The normalized spacial score (nSPS) is 10.2. The Morgan fingerprint density at radius 3 is 2.68 bits per heavy atom. The van der Waals surface area contributed by atoms with Crippen LogP contribution < -0.4 is 9.47 Å². The number of halogens is 1. The van der Waals surface area contributed by atoms with Crippen LogP contribution in [0.1, 0.15) is 4.88 Å². The van der Waals surface area contributed by atoms with Gasteiger partial charge in [-0.2, -0.15) is 0 Å². The minimum Gasteiger partial charge on any atom is -0.493 e. The first-order chi connectivity index (χ1) is 9.10. The molecule has 0 saturated heterocycles. The number of nitrogens with zero attached hydrogens (tertiary/aromatic N) is 1. The second-order valence-electron chi connectivity index (χ2n) is 3.59. The smallest absolute Gasteiger partial charge is 0.273 e. The Balaban J connectivity index is 2.17. The summed E-state index contributed by atoms with van der Waals surface area (Å²) in [7, 11) is 1.48. The number of rotatable bonds is 5. The van der Waals surface area contributed by atoms with Gasteiger partial charge in [-0.25, -0.2) is 0 Å². The molecule has 0 aliphatic rings. The van der Waals surface area contributed by atoms with Gasteiger partial charge < -0.3 is 9.47 Å². The molecular weight excluding hydrogens is 290 g/mol. The zero-order chi connectivity index (χ0) is 13.8. The minimum atomic E-state index is -0.478. The topological polar surface area (TPSA) is 61.6 Å². The average molecular weight is 300 g/mol. The van der Waals surface area contributed by atoms with Crippen LogP contribution in [0.25, 0.3) is 0 Å². The fourth-order valence-corrected chi connectivity index (χ4v) is 2.47. The van der Waals surface area contributed by atoms with Crippen molar-refractivity contribution >= 4 is 28.6 Å². The van der Waals surface area contributed by atoms with Crippen molar-refractivity contribution in [3.63, 3.8) is 0 Å². The highest BCUT2D eigenvalue weighted by molar-refractivity contribution is 7.16. The average Bonchev–Trinajstić information content (AvgIpc) is 2.81. The summed E-state index contributed by atoms with van der Waals surface area (Å²) in [6, 6.07) is 7.84. The van der Waals surface area contributed by atoms with Crippen molar-refractivity contribution in [2.24, 2.45) is 0 Å². The van der Waals surface area contributed by atoms with Gasteiger partial charge in [0, 0.05) is 10.9 Å². The predicted molar refractivity (Wildman–Crippen MR) is 73.3 cm³/mol. The largest absolute Gasteiger partial charge is 0.493 e. The SMILES string of the molecule is COc1ccc([N+](=O)[O-])cc1OCc1ccc(Cl)s1. The van der Waals surface area contributed by atoms with Gasteiger partial charge in [-0.3, -0.25) is 10.1 Å². The van der Waals surface area contributed by atoms with Gasteiger partial charge in [-0.15, -0.1) is 11.3 Å². The van der Waals surface area contributed by atoms with E-state index in [1.807, 2.05) is 6.07 Å². The van der Waals surface area contributed by atoms with Crippen molar-refractivity contribution in [3.05, 3.63) is 49.7 Å². The Bertz CT molecular complexity index is 599. The molecule has 0 saturated carbocycles. The molecule has 1 heterocycles. The number of nitro benzene ring substituents is 1. The number of ether oxygens (including phenoxy) is 2. The Labute approximate surface area is 118 Å². The van der Waals surface area contributed by atoms with Crippen molar-refractivity contribution in [1.29, 1.82) is 0 Å². The summed E-state index contributed by atoms with van der Waals surface area (Å²) in [6.45, 7) is 0.287. The lowest BCUT2D eigenvalue weighted by molar-refractivity contribution is -0.385. The Morgan fingerprint density at radius 2 is 2.11 bits per heavy atom. The zero-order valence-electron chi connectivity index (χ0n) is 9.96. The van der Waals surface area contributed by atoms with E-state index in [2.05, 4.69) is 0 Å². The van der Waals surface area contributed by atoms with Crippen LogP contribution in [0.2, 0.25) is 4.34 Å². The first kappa shape index (κ1) is 13.6. The van der Waals surface area contributed by atoms with E-state index in [1.54, 1.807) is 6.07 Å². The summed E-state index contributed by atoms with van der Waals surface area (Å²) in [5.74, 6) is 0.787. The molecule has 0 atom stereocenters. The molecule has 5 nitrogen and oxygen atoms in total. The summed E-state index contributed by atoms with van der Waals surface area (Å²) >= 11 is 7.21. The summed E-state index contributed by atoms with van der Waals surface area (Å²) in [6.07, 6.45) is 0. The Hall–Kier alpha value is -1.79. The van der Waals surface area contributed by atoms with E-state index in [4.69, 9.17) is 21.1 Å². The van der Waals surface area contributed by atoms with Crippen LogP contribution in [0.4, 0.5) is 5.69 Å². The summed E-state index contributed by atoms with van der Waals surface area (Å²) in [5, 5.41) is 10.7. The second kappa shape index (κ2) is 5.90. The maximum absolute atomic E-state index is 10.7. The van der Waals surface area contributed by atoms with Crippen LogP contribution in [0.3, 0.4) is 0 Å². The molecule has 0 N–H and O–H groups in total. The molecule has 2 rings (SSSR count). The minimum absolute atomic E-state index is 0.0417. The van der Waals surface area contributed by atoms with Crippen LogP contribution in [-0.2, 0) is 6.61 Å². The van der Waals surface area contributed by atoms with E-state index in [0.717, 1.165) is 4.88 Å². The van der Waals surface area contributed by atoms with Crippen LogP contribution in [0, 0.1) is 10.1 Å². The number of thiophene rings is 1. The molecule has 19 heavy (non-hydrogen) atoms. The quantitative estimate of drug-likeness (QED) is 0.620. The lowest BCUT2D eigenvalue weighted by Crippen LogP contribution is -1.97. The molecule has 0 spiro atoms. The van der Waals surface area contributed by atoms with Gasteiger partial charge in [0.2, 0.25) is 0 Å². The number of non-ortho nitro benzene ring substituents is 1. The summed E-state index contributed by atoms with van der Waals surface area (Å²) < 4.78 is 11.3. The number of methoxy groups -OCH3 is 1. The zero-order valence-corrected chi connectivity index (χ0v) is 11.5. The third-order valence-corrected chi connectivity index (χ3v) is 3.56. The van der Waals surface area contributed by atoms with Crippen molar-refractivity contribution in [3.8, 4) is 11.5 Å². The number of nitro groups is 1. The molecule has 1 aromatic carbocycles. The van der Waals surface area contributed by atoms with Gasteiger partial charge in [0.1, 0.15) is 6.61 Å². The third kappa shape index (κ3) is 3.36. The fraction of sp³-hybridized carbons (Fsp3) is 0.167. The van der Waals surface area contributed by atoms with E-state index in [9.17, 15) is 10.1 Å². The van der Waals surface area contributed by atoms with Gasteiger partial charge in [0.15, 0.2) is 11.5 Å². The van der Waals surface area contributed by atoms with Gasteiger partial charge in [-0.05, 0) is 18.2 Å². The van der Waals surface area contributed by atoms with E-state index < -0.39 is 4.92 Å². The van der Waals surface area contributed by atoms with Crippen molar-refractivity contribution in [2.45, 2.75) is 6.61 Å². The Morgan fingerprint density at radius 1 is 1.32 bits per heavy atom. The summed E-state index contributed by atoms with van der Waals surface area (Å²) in [4.78, 5) is 11.2. The van der Waals surface area contributed by atoms with E-state index in [1.165, 1.54) is 36.6 Å². The number of hydrogen-bond donors (Lipinski definition) is 0. The molecule has 1 aromatic heterocycles. The first-order valence-electron chi connectivity index (χ1n) is 5.29. The molecule has 2 aromatic rings. The van der Waals surface area contributed by atoms with E-state index in [0.29, 0.717) is 15.8 Å². The molecule has 0 unspecified atom stereocenters. The van der Waals surface area contributed by atoms with Gasteiger partial charge >= 0.3 is 0 Å². The maximum Gasteiger partial charge on any atom is 0.273 e. The third-order valence-electron chi connectivity index (χ3n) is 2.36. The van der Waals surface area contributed by atoms with Gasteiger partial charge in [0.05, 0.1) is 22.4 Å². The lowest BCUT2D eigenvalue weighted by Gasteiger charge is -2.09. The van der Waals surface area contributed by atoms with Crippen LogP contribution in [-0.4, -0.2) is 12.0 Å². The van der Waals surface area contributed by atoms with Crippen LogP contribution >= 0.6 is 22.9 Å². The van der Waals surface area contributed by atoms with Gasteiger partial charge in [0.25, 0.3) is 5.69 Å². The molecule has 7 heteroatoms. The predicted octanol–water partition coefficient (Wildman–Crippen LogP) is 3.90. The second-order valence-corrected chi connectivity index (χ2v) is 5.39. The molecule has 0 aliphatic carbocycles. The van der Waals surface area contributed by atoms with E-state index in [-0.39, 0.29) is 12.3 Å². The summed E-state index contributed by atoms with van der Waals surface area (Å²) in [5.41, 5.74) is -0.0417. The number of benzene rings is 1. The van der Waals surface area contributed by atoms with Crippen LogP contribution in [0.5, 0.6) is 11.5 Å². The molecule has 0 fully saturated rings. The first-order valence-corrected chi connectivity index (χ1v) is 6.49. The maximum atomic E-state index is 10.7. The molecule has 0 amide bonds. The van der Waals surface area contributed by atoms with Gasteiger partial charge in [-0.1, -0.05) is 11.6 Å². The molecule has 0 radical (unpaired) electrons. The molecule has 0 aliphatic heterocycles. The molecular formula is C12H10ClNO4S. The van der Waals surface area contributed by atoms with Crippen LogP contribution in [0.15, 0.2) is 30.3 Å². The highest BCUT2D eigenvalue weighted by Gasteiger charge is 2.12. The standard InChI is InChI=1S/C12H10ClNO4S/c1-17-10-4-2-8(14(15)16)6-11(10)18-7-9-3-5-12(13)19-9/h2-6H,7H2,1H3. The molecule has 100 valence electrons. The van der Waals surface area contributed by atoms with Crippen molar-refractivity contribution < 1.29 is 14.4 Å². The highest BCUT2D eigenvalue weighted by atomic mass is 35.5. The Kier molecular flexibility index (Phi) is 4.24. The van der Waals surface area contributed by atoms with Crippen molar-refractivity contribution in [2.75, 3.05) is 7.11 Å². The fourth-order valence-electron chi connectivity index (χ4n) is 1.47. The monoisotopic (exact) mass is 299 g/mol. The van der Waals surface area contributed by atoms with E-state index >= 15 is 0 Å². The highest BCUT2D eigenvalue weighted by Crippen LogP contribution is 2.32. The lowest BCUT2D eigenvalue weighted by atomic mass is 10.3. The van der Waals surface area contributed by atoms with Crippen molar-refractivity contribution in [1.82, 2.24) is 0 Å².